The van der Waals surface area contributed by atoms with E-state index >= 15 is 0 Å². The Balaban J connectivity index is 1.57. The molecule has 0 aromatic heterocycles. The van der Waals surface area contributed by atoms with Gasteiger partial charge in [-0.2, -0.15) is 0 Å². The molecule has 0 aliphatic carbocycles. The van der Waals surface area contributed by atoms with E-state index in [1.807, 2.05) is 0 Å². The zero-order valence-electron chi connectivity index (χ0n) is 17.7. The number of ether oxygens (including phenoxy) is 2. The first-order valence-electron chi connectivity index (χ1n) is 10.7. The van der Waals surface area contributed by atoms with Crippen LogP contribution in [0.2, 0.25) is 0 Å². The minimum atomic E-state index is 0.103. The minimum absolute atomic E-state index is 0.103. The van der Waals surface area contributed by atoms with Crippen molar-refractivity contribution in [2.24, 2.45) is 4.99 Å². The number of rotatable bonds is 6. The van der Waals surface area contributed by atoms with E-state index in [0.29, 0.717) is 0 Å². The van der Waals surface area contributed by atoms with Gasteiger partial charge in [0, 0.05) is 39.3 Å². The number of aryl methyl sites for hydroxylation is 2. The molecule has 2 aliphatic heterocycles. The quantitative estimate of drug-likeness (QED) is 0.461. The highest BCUT2D eigenvalue weighted by Crippen LogP contribution is 2.25. The van der Waals surface area contributed by atoms with Crippen LogP contribution < -0.4 is 5.32 Å². The highest BCUT2D eigenvalue weighted by atomic mass is 16.5. The Morgan fingerprint density at radius 2 is 2.00 bits per heavy atom. The van der Waals surface area contributed by atoms with E-state index in [0.717, 1.165) is 78.0 Å². The van der Waals surface area contributed by atoms with Crippen molar-refractivity contribution in [3.63, 3.8) is 0 Å². The van der Waals surface area contributed by atoms with Crippen LogP contribution in [0, 0.1) is 13.8 Å². The zero-order valence-corrected chi connectivity index (χ0v) is 17.7. The van der Waals surface area contributed by atoms with Crippen LogP contribution in [0.5, 0.6) is 0 Å². The summed E-state index contributed by atoms with van der Waals surface area (Å²) in [4.78, 5) is 9.73. The van der Waals surface area contributed by atoms with Crippen LogP contribution in [0.4, 0.5) is 0 Å². The first kappa shape index (κ1) is 21.1. The van der Waals surface area contributed by atoms with E-state index in [1.54, 1.807) is 0 Å². The fourth-order valence-electron chi connectivity index (χ4n) is 3.95. The van der Waals surface area contributed by atoms with E-state index < -0.39 is 0 Å². The summed E-state index contributed by atoms with van der Waals surface area (Å²) >= 11 is 0. The molecule has 0 radical (unpaired) electrons. The van der Waals surface area contributed by atoms with Gasteiger partial charge in [-0.25, -0.2) is 0 Å². The smallest absolute Gasteiger partial charge is 0.194 e. The Morgan fingerprint density at radius 3 is 2.75 bits per heavy atom. The number of nitrogens with zero attached hydrogens (tertiary/aromatic N) is 3. The summed E-state index contributed by atoms with van der Waals surface area (Å²) in [7, 11) is 0. The largest absolute Gasteiger partial charge is 0.379 e. The number of hydrogen-bond acceptors (Lipinski definition) is 4. The molecule has 1 atom stereocenters. The summed E-state index contributed by atoms with van der Waals surface area (Å²) < 4.78 is 11.5. The monoisotopic (exact) mass is 388 g/mol. The van der Waals surface area contributed by atoms with Gasteiger partial charge in [-0.1, -0.05) is 23.8 Å². The van der Waals surface area contributed by atoms with Gasteiger partial charge in [0.2, 0.25) is 0 Å². The fourth-order valence-corrected chi connectivity index (χ4v) is 3.95. The first-order valence-corrected chi connectivity index (χ1v) is 10.7. The highest BCUT2D eigenvalue weighted by molar-refractivity contribution is 5.80. The van der Waals surface area contributed by atoms with Gasteiger partial charge in [-0.05, 0) is 38.3 Å². The van der Waals surface area contributed by atoms with E-state index in [-0.39, 0.29) is 6.10 Å². The van der Waals surface area contributed by atoms with Gasteiger partial charge in [0.25, 0.3) is 0 Å². The summed E-state index contributed by atoms with van der Waals surface area (Å²) in [6.07, 6.45) is 1.19. The Morgan fingerprint density at radius 1 is 1.18 bits per heavy atom. The van der Waals surface area contributed by atoms with Crippen LogP contribution in [-0.2, 0) is 9.47 Å². The van der Waals surface area contributed by atoms with Crippen LogP contribution in [0.25, 0.3) is 0 Å². The minimum Gasteiger partial charge on any atom is -0.379 e. The van der Waals surface area contributed by atoms with Crippen LogP contribution in [0.15, 0.2) is 23.2 Å². The predicted octanol–water partition coefficient (Wildman–Crippen LogP) is 2.36. The summed E-state index contributed by atoms with van der Waals surface area (Å²) in [5.74, 6) is 1.02. The van der Waals surface area contributed by atoms with Gasteiger partial charge in [0.1, 0.15) is 6.10 Å². The van der Waals surface area contributed by atoms with Crippen LogP contribution >= 0.6 is 0 Å². The average Bonchev–Trinajstić information content (AvgIpc) is 2.71. The average molecular weight is 389 g/mol. The van der Waals surface area contributed by atoms with Crippen molar-refractivity contribution in [2.45, 2.75) is 33.3 Å². The zero-order chi connectivity index (χ0) is 19.8. The third kappa shape index (κ3) is 5.93. The maximum atomic E-state index is 6.11. The Kier molecular flexibility index (Phi) is 8.13. The molecule has 1 N–H and O–H groups in total. The maximum Gasteiger partial charge on any atom is 0.194 e. The number of nitrogens with one attached hydrogen (secondary N) is 1. The molecule has 0 spiro atoms. The van der Waals surface area contributed by atoms with Gasteiger partial charge in [-0.3, -0.25) is 9.89 Å². The van der Waals surface area contributed by atoms with Gasteiger partial charge in [-0.15, -0.1) is 0 Å². The van der Waals surface area contributed by atoms with Crippen molar-refractivity contribution >= 4 is 5.96 Å². The van der Waals surface area contributed by atoms with E-state index in [4.69, 9.17) is 14.5 Å². The van der Waals surface area contributed by atoms with Crippen LogP contribution in [0.1, 0.15) is 36.1 Å². The fraction of sp³-hybridized carbons (Fsp3) is 0.682. The molecule has 2 fully saturated rings. The molecule has 1 unspecified atom stereocenters. The van der Waals surface area contributed by atoms with Gasteiger partial charge in [0.05, 0.1) is 26.4 Å². The second-order valence-electron chi connectivity index (χ2n) is 7.71. The Hall–Kier alpha value is -1.63. The maximum absolute atomic E-state index is 6.11. The number of benzene rings is 1. The lowest BCUT2D eigenvalue weighted by molar-refractivity contribution is -0.00834. The van der Waals surface area contributed by atoms with E-state index in [2.05, 4.69) is 54.1 Å². The molecular weight excluding hydrogens is 352 g/mol. The third-order valence-corrected chi connectivity index (χ3v) is 5.47. The van der Waals surface area contributed by atoms with Crippen molar-refractivity contribution in [2.75, 3.05) is 65.6 Å². The molecule has 1 aromatic rings. The van der Waals surface area contributed by atoms with Gasteiger partial charge >= 0.3 is 0 Å². The van der Waals surface area contributed by atoms with Crippen LogP contribution in [0.3, 0.4) is 0 Å². The normalized spacial score (nSPS) is 21.8. The number of morpholine rings is 2. The topological polar surface area (TPSA) is 49.3 Å². The van der Waals surface area contributed by atoms with Crippen molar-refractivity contribution in [3.05, 3.63) is 34.9 Å². The highest BCUT2D eigenvalue weighted by Gasteiger charge is 2.25. The SMILES string of the molecule is CCNC(=NCCCN1CCOCC1)N1CCOC(c2ccc(C)cc2C)C1. The molecule has 0 saturated carbocycles. The molecule has 28 heavy (non-hydrogen) atoms. The molecular formula is C22H36N4O2. The molecule has 2 heterocycles. The number of aliphatic imine (C=N–C) groups is 1. The number of guanidine groups is 1. The molecule has 1 aromatic carbocycles. The van der Waals surface area contributed by atoms with Crippen LogP contribution in [-0.4, -0.2) is 81.4 Å². The molecule has 0 bridgehead atoms. The lowest BCUT2D eigenvalue weighted by Gasteiger charge is -2.36. The Bertz CT molecular complexity index is 643. The second-order valence-corrected chi connectivity index (χ2v) is 7.71. The summed E-state index contributed by atoms with van der Waals surface area (Å²) in [5.41, 5.74) is 3.89. The number of hydrogen-bond donors (Lipinski definition) is 1. The molecule has 6 nitrogen and oxygen atoms in total. The summed E-state index contributed by atoms with van der Waals surface area (Å²) in [6.45, 7) is 15.6. The van der Waals surface area contributed by atoms with E-state index in [9.17, 15) is 0 Å². The molecule has 2 aliphatic rings. The second kappa shape index (κ2) is 10.8. The van der Waals surface area contributed by atoms with Crippen molar-refractivity contribution in [1.82, 2.24) is 15.1 Å². The summed E-state index contributed by atoms with van der Waals surface area (Å²) in [5, 5.41) is 3.47. The lowest BCUT2D eigenvalue weighted by atomic mass is 10.00. The molecule has 156 valence electrons. The molecule has 3 rings (SSSR count). The van der Waals surface area contributed by atoms with Crippen molar-refractivity contribution in [1.29, 1.82) is 0 Å². The Labute approximate surface area is 169 Å². The predicted molar refractivity (Wildman–Crippen MR) is 114 cm³/mol. The first-order chi connectivity index (χ1) is 13.7. The van der Waals surface area contributed by atoms with Crippen molar-refractivity contribution < 1.29 is 9.47 Å². The van der Waals surface area contributed by atoms with Gasteiger partial charge in [0.15, 0.2) is 5.96 Å². The molecule has 2 saturated heterocycles. The standard InChI is InChI=1S/C22H36N4O2/c1-4-23-22(24-8-5-9-25-10-13-27-14-11-25)26-12-15-28-21(17-26)20-7-6-18(2)16-19(20)3/h6-7,16,21H,4-5,8-15,17H2,1-3H3,(H,23,24). The molecule has 6 heteroatoms. The third-order valence-electron chi connectivity index (χ3n) is 5.47. The summed E-state index contributed by atoms with van der Waals surface area (Å²) in [6, 6.07) is 6.63. The lowest BCUT2D eigenvalue weighted by Crippen LogP contribution is -2.48. The van der Waals surface area contributed by atoms with Crippen molar-refractivity contribution in [3.8, 4) is 0 Å². The molecule has 0 amide bonds. The van der Waals surface area contributed by atoms with Gasteiger partial charge < -0.3 is 19.7 Å². The van der Waals surface area contributed by atoms with E-state index in [1.165, 1.54) is 16.7 Å².